The predicted molar refractivity (Wildman–Crippen MR) is 107 cm³/mol. The number of alkyl halides is 3. The summed E-state index contributed by atoms with van der Waals surface area (Å²) in [5.74, 6) is 2.53. The van der Waals surface area contributed by atoms with Crippen LogP contribution >= 0.6 is 0 Å². The number of aliphatic hydroxyl groups is 2. The van der Waals surface area contributed by atoms with Crippen molar-refractivity contribution in [3.8, 4) is 0 Å². The highest BCUT2D eigenvalue weighted by atomic mass is 19.4. The Morgan fingerprint density at radius 3 is 2.59 bits per heavy atom. The second-order valence-corrected chi connectivity index (χ2v) is 11.0. The molecule has 0 saturated heterocycles. The standard InChI is InChI=1S/C24H37F3O2/c1-22-13-11-20-18(8-6-16-14-17(28)10-12-23(16,20)2)19(22)9-7-15(22)4-3-5-21(29)24(25,26)27/h6,15,17-21,28-29H,3-5,7-14H2,1-2H3/t15?,17-,18?,19?,20?,21?,22?,23?/m0/s1. The van der Waals surface area contributed by atoms with E-state index in [1.54, 1.807) is 0 Å². The quantitative estimate of drug-likeness (QED) is 0.552. The van der Waals surface area contributed by atoms with Gasteiger partial charge in [0.15, 0.2) is 0 Å². The first-order chi connectivity index (χ1) is 13.6. The summed E-state index contributed by atoms with van der Waals surface area (Å²) in [5, 5.41) is 19.4. The van der Waals surface area contributed by atoms with Crippen LogP contribution in [0.15, 0.2) is 11.6 Å². The first kappa shape index (κ1) is 21.7. The molecule has 3 saturated carbocycles. The second-order valence-electron chi connectivity index (χ2n) is 11.0. The molecule has 0 bridgehead atoms. The van der Waals surface area contributed by atoms with Crippen LogP contribution in [0.25, 0.3) is 0 Å². The number of halogens is 3. The number of fused-ring (bicyclic) bond motifs is 5. The van der Waals surface area contributed by atoms with E-state index in [4.69, 9.17) is 0 Å². The third-order valence-corrected chi connectivity index (χ3v) is 9.68. The maximum Gasteiger partial charge on any atom is 0.414 e. The van der Waals surface area contributed by atoms with Gasteiger partial charge >= 0.3 is 6.18 Å². The molecule has 0 aromatic heterocycles. The average molecular weight is 415 g/mol. The van der Waals surface area contributed by atoms with Crippen molar-refractivity contribution in [3.05, 3.63) is 11.6 Å². The molecule has 0 aliphatic heterocycles. The second kappa shape index (κ2) is 7.55. The van der Waals surface area contributed by atoms with E-state index in [0.717, 1.165) is 38.5 Å². The molecular formula is C24H37F3O2. The minimum Gasteiger partial charge on any atom is -0.393 e. The normalized spacial score (nSPS) is 45.8. The zero-order valence-electron chi connectivity index (χ0n) is 17.8. The zero-order valence-corrected chi connectivity index (χ0v) is 17.8. The third-order valence-electron chi connectivity index (χ3n) is 9.68. The Morgan fingerprint density at radius 1 is 1.10 bits per heavy atom. The van der Waals surface area contributed by atoms with Crippen LogP contribution in [0, 0.1) is 34.5 Å². The highest BCUT2D eigenvalue weighted by Gasteiger charge is 2.58. The molecule has 2 N–H and O–H groups in total. The maximum atomic E-state index is 12.6. The van der Waals surface area contributed by atoms with Gasteiger partial charge in [-0.2, -0.15) is 13.2 Å². The average Bonchev–Trinajstić information content (AvgIpc) is 2.98. The van der Waals surface area contributed by atoms with E-state index < -0.39 is 12.3 Å². The summed E-state index contributed by atoms with van der Waals surface area (Å²) in [6.45, 7) is 4.83. The Hall–Kier alpha value is -0.550. The number of allylic oxidation sites excluding steroid dienone is 1. The van der Waals surface area contributed by atoms with E-state index in [9.17, 15) is 23.4 Å². The van der Waals surface area contributed by atoms with E-state index in [1.807, 2.05) is 0 Å². The monoisotopic (exact) mass is 414 g/mol. The molecule has 4 rings (SSSR count). The smallest absolute Gasteiger partial charge is 0.393 e. The van der Waals surface area contributed by atoms with Crippen molar-refractivity contribution in [1.82, 2.24) is 0 Å². The molecular weight excluding hydrogens is 377 g/mol. The molecule has 8 atom stereocenters. The van der Waals surface area contributed by atoms with Gasteiger partial charge in [-0.3, -0.25) is 0 Å². The Labute approximate surface area is 173 Å². The van der Waals surface area contributed by atoms with E-state index >= 15 is 0 Å². The lowest BCUT2D eigenvalue weighted by atomic mass is 9.47. The Balaban J connectivity index is 1.43. The van der Waals surface area contributed by atoms with Crippen LogP contribution in [-0.2, 0) is 0 Å². The van der Waals surface area contributed by atoms with Gasteiger partial charge < -0.3 is 10.2 Å². The van der Waals surface area contributed by atoms with Crippen molar-refractivity contribution in [2.75, 3.05) is 0 Å². The molecule has 4 aliphatic rings. The molecule has 5 heteroatoms. The van der Waals surface area contributed by atoms with E-state index in [-0.39, 0.29) is 23.4 Å². The number of rotatable bonds is 4. The Kier molecular flexibility index (Phi) is 5.64. The molecule has 0 radical (unpaired) electrons. The van der Waals surface area contributed by atoms with Gasteiger partial charge in [0.1, 0.15) is 6.10 Å². The first-order valence-corrected chi connectivity index (χ1v) is 11.7. The lowest BCUT2D eigenvalue weighted by Crippen LogP contribution is -2.50. The Bertz CT molecular complexity index is 645. The van der Waals surface area contributed by atoms with Crippen LogP contribution in [0.3, 0.4) is 0 Å². The molecule has 0 aromatic carbocycles. The molecule has 4 aliphatic carbocycles. The van der Waals surface area contributed by atoms with Gasteiger partial charge in [-0.1, -0.05) is 31.9 Å². The molecule has 3 fully saturated rings. The summed E-state index contributed by atoms with van der Waals surface area (Å²) in [4.78, 5) is 0. The van der Waals surface area contributed by atoms with Gasteiger partial charge in [0.05, 0.1) is 6.10 Å². The molecule has 0 spiro atoms. The molecule has 166 valence electrons. The SMILES string of the molecule is CC12CC[C@H](O)CC1=CCC1C2CCC2(C)C(CCCC(O)C(F)(F)F)CCC12. The van der Waals surface area contributed by atoms with Crippen molar-refractivity contribution in [1.29, 1.82) is 0 Å². The van der Waals surface area contributed by atoms with Crippen LogP contribution in [0.5, 0.6) is 0 Å². The highest BCUT2D eigenvalue weighted by Crippen LogP contribution is 2.66. The topological polar surface area (TPSA) is 40.5 Å². The maximum absolute atomic E-state index is 12.6. The summed E-state index contributed by atoms with van der Waals surface area (Å²) in [5.41, 5.74) is 1.95. The van der Waals surface area contributed by atoms with Crippen LogP contribution < -0.4 is 0 Å². The lowest BCUT2D eigenvalue weighted by Gasteiger charge is -2.58. The predicted octanol–water partition coefficient (Wildman–Crippen LogP) is 6.02. The fourth-order valence-electron chi connectivity index (χ4n) is 7.95. The van der Waals surface area contributed by atoms with Gasteiger partial charge in [-0.15, -0.1) is 0 Å². The number of aliphatic hydroxyl groups excluding tert-OH is 2. The summed E-state index contributed by atoms with van der Waals surface area (Å²) in [6, 6.07) is 0. The molecule has 0 heterocycles. The first-order valence-electron chi connectivity index (χ1n) is 11.7. The molecule has 0 amide bonds. The molecule has 0 aromatic rings. The fourth-order valence-corrected chi connectivity index (χ4v) is 7.95. The minimum atomic E-state index is -4.49. The summed E-state index contributed by atoms with van der Waals surface area (Å²) in [7, 11) is 0. The van der Waals surface area contributed by atoms with Crippen LogP contribution in [0.1, 0.15) is 84.5 Å². The van der Waals surface area contributed by atoms with Gasteiger partial charge in [0.25, 0.3) is 0 Å². The van der Waals surface area contributed by atoms with E-state index in [0.29, 0.717) is 30.1 Å². The largest absolute Gasteiger partial charge is 0.414 e. The summed E-state index contributed by atoms with van der Waals surface area (Å²) >= 11 is 0. The molecule has 7 unspecified atom stereocenters. The van der Waals surface area contributed by atoms with Crippen molar-refractivity contribution in [2.45, 2.75) is 103 Å². The van der Waals surface area contributed by atoms with Gasteiger partial charge in [-0.25, -0.2) is 0 Å². The minimum absolute atomic E-state index is 0.167. The fraction of sp³-hybridized carbons (Fsp3) is 0.917. The number of hydrogen-bond acceptors (Lipinski definition) is 2. The van der Waals surface area contributed by atoms with Gasteiger partial charge in [0.2, 0.25) is 0 Å². The van der Waals surface area contributed by atoms with Crippen LogP contribution in [-0.4, -0.2) is 28.6 Å². The zero-order chi connectivity index (χ0) is 21.0. The van der Waals surface area contributed by atoms with Crippen molar-refractivity contribution < 1.29 is 23.4 Å². The van der Waals surface area contributed by atoms with Crippen molar-refractivity contribution in [2.24, 2.45) is 34.5 Å². The van der Waals surface area contributed by atoms with Crippen molar-refractivity contribution >= 4 is 0 Å². The summed E-state index contributed by atoms with van der Waals surface area (Å²) in [6.07, 6.45) is 5.35. The van der Waals surface area contributed by atoms with Gasteiger partial charge in [0, 0.05) is 0 Å². The van der Waals surface area contributed by atoms with E-state index in [2.05, 4.69) is 19.9 Å². The molecule has 2 nitrogen and oxygen atoms in total. The van der Waals surface area contributed by atoms with Crippen LogP contribution in [0.4, 0.5) is 13.2 Å². The summed E-state index contributed by atoms with van der Waals surface area (Å²) < 4.78 is 37.8. The third kappa shape index (κ3) is 3.69. The van der Waals surface area contributed by atoms with Gasteiger partial charge in [-0.05, 0) is 98.7 Å². The molecule has 29 heavy (non-hydrogen) atoms. The highest BCUT2D eigenvalue weighted by molar-refractivity contribution is 5.25. The number of hydrogen-bond donors (Lipinski definition) is 2. The van der Waals surface area contributed by atoms with Crippen molar-refractivity contribution in [3.63, 3.8) is 0 Å². The van der Waals surface area contributed by atoms with E-state index in [1.165, 1.54) is 24.8 Å². The Morgan fingerprint density at radius 2 is 1.86 bits per heavy atom. The lowest BCUT2D eigenvalue weighted by molar-refractivity contribution is -0.205. The van der Waals surface area contributed by atoms with Crippen LogP contribution in [0.2, 0.25) is 0 Å².